The van der Waals surface area contributed by atoms with Gasteiger partial charge < -0.3 is 9.26 Å². The summed E-state index contributed by atoms with van der Waals surface area (Å²) >= 11 is 0. The number of carbonyl (C=O) groups excluding carboxylic acids is 1. The lowest BCUT2D eigenvalue weighted by Crippen LogP contribution is -2.24. The van der Waals surface area contributed by atoms with Gasteiger partial charge in [-0.05, 0) is 31.7 Å². The van der Waals surface area contributed by atoms with Crippen molar-refractivity contribution in [2.75, 3.05) is 0 Å². The van der Waals surface area contributed by atoms with Crippen LogP contribution in [0.4, 0.5) is 0 Å². The van der Waals surface area contributed by atoms with Crippen LogP contribution in [0, 0.1) is 12.8 Å². The van der Waals surface area contributed by atoms with Crippen molar-refractivity contribution in [3.05, 3.63) is 53.2 Å². The number of aromatic nitrogens is 4. The van der Waals surface area contributed by atoms with Gasteiger partial charge in [0, 0.05) is 11.3 Å². The number of hydrogen-bond acceptors (Lipinski definition) is 6. The highest BCUT2D eigenvalue weighted by Crippen LogP contribution is 2.27. The molecule has 0 radical (unpaired) electrons. The zero-order valence-corrected chi connectivity index (χ0v) is 13.9. The van der Waals surface area contributed by atoms with E-state index in [-0.39, 0.29) is 18.5 Å². The first kappa shape index (κ1) is 15.6. The van der Waals surface area contributed by atoms with E-state index in [1.807, 2.05) is 37.3 Å². The topological polar surface area (TPSA) is 93.9 Å². The molecule has 25 heavy (non-hydrogen) atoms. The molecular formula is C18H18N4O3. The molecule has 1 aliphatic rings. The molecule has 0 aliphatic heterocycles. The average molecular weight is 338 g/mol. The Morgan fingerprint density at radius 3 is 3.04 bits per heavy atom. The molecule has 1 N–H and O–H groups in total. The standard InChI is InChI=1S/C18H18N4O3/c1-11-14-9-13(7-8-15(14)21-20-11)18(23)24-10-16-19-17(22-25-16)12-5-3-2-4-6-12/h2-6,13H,7-10H2,1H3,(H,20,21). The lowest BCUT2D eigenvalue weighted by molar-refractivity contribution is -0.151. The minimum atomic E-state index is -0.231. The van der Waals surface area contributed by atoms with Crippen LogP contribution in [0.2, 0.25) is 0 Å². The van der Waals surface area contributed by atoms with E-state index in [2.05, 4.69) is 20.3 Å². The van der Waals surface area contributed by atoms with E-state index in [1.54, 1.807) is 0 Å². The summed E-state index contributed by atoms with van der Waals surface area (Å²) in [6.45, 7) is 1.97. The Morgan fingerprint density at radius 1 is 1.36 bits per heavy atom. The second-order valence-electron chi connectivity index (χ2n) is 6.20. The van der Waals surface area contributed by atoms with Gasteiger partial charge >= 0.3 is 5.97 Å². The number of benzene rings is 1. The van der Waals surface area contributed by atoms with Crippen LogP contribution in [0.1, 0.15) is 29.3 Å². The van der Waals surface area contributed by atoms with Crippen LogP contribution in [0.3, 0.4) is 0 Å². The van der Waals surface area contributed by atoms with E-state index in [9.17, 15) is 4.79 Å². The predicted octanol–water partition coefficient (Wildman–Crippen LogP) is 2.62. The van der Waals surface area contributed by atoms with Crippen molar-refractivity contribution in [3.63, 3.8) is 0 Å². The number of ether oxygens (including phenoxy) is 1. The third-order valence-corrected chi connectivity index (χ3v) is 4.51. The number of fused-ring (bicyclic) bond motifs is 1. The maximum atomic E-state index is 12.3. The minimum Gasteiger partial charge on any atom is -0.455 e. The summed E-state index contributed by atoms with van der Waals surface area (Å²) in [4.78, 5) is 16.6. The molecule has 4 rings (SSSR count). The molecule has 1 aromatic carbocycles. The van der Waals surface area contributed by atoms with Crippen LogP contribution in [0.25, 0.3) is 11.4 Å². The Balaban J connectivity index is 1.37. The van der Waals surface area contributed by atoms with Crippen molar-refractivity contribution in [3.8, 4) is 11.4 Å². The highest BCUT2D eigenvalue weighted by molar-refractivity contribution is 5.73. The smallest absolute Gasteiger partial charge is 0.309 e. The second kappa shape index (κ2) is 6.51. The molecule has 0 spiro atoms. The molecule has 7 heteroatoms. The summed E-state index contributed by atoms with van der Waals surface area (Å²) in [6, 6.07) is 9.52. The normalized spacial score (nSPS) is 16.4. The third-order valence-electron chi connectivity index (χ3n) is 4.51. The number of hydrogen-bond donors (Lipinski definition) is 1. The zero-order chi connectivity index (χ0) is 17.2. The molecule has 3 aromatic rings. The predicted molar refractivity (Wildman–Crippen MR) is 88.4 cm³/mol. The lowest BCUT2D eigenvalue weighted by atomic mass is 9.86. The van der Waals surface area contributed by atoms with Crippen molar-refractivity contribution in [2.24, 2.45) is 5.92 Å². The molecule has 0 saturated carbocycles. The summed E-state index contributed by atoms with van der Waals surface area (Å²) in [6.07, 6.45) is 2.20. The zero-order valence-electron chi connectivity index (χ0n) is 13.9. The average Bonchev–Trinajstić information content (AvgIpc) is 3.27. The first-order valence-corrected chi connectivity index (χ1v) is 8.28. The van der Waals surface area contributed by atoms with Crippen LogP contribution in [-0.4, -0.2) is 26.3 Å². The highest BCUT2D eigenvalue weighted by atomic mass is 16.6. The molecule has 0 bridgehead atoms. The Bertz CT molecular complexity index is 885. The largest absolute Gasteiger partial charge is 0.455 e. The van der Waals surface area contributed by atoms with Gasteiger partial charge in [-0.1, -0.05) is 35.5 Å². The van der Waals surface area contributed by atoms with E-state index in [4.69, 9.17) is 9.26 Å². The number of rotatable bonds is 4. The summed E-state index contributed by atoms with van der Waals surface area (Å²) in [7, 11) is 0. The summed E-state index contributed by atoms with van der Waals surface area (Å²) in [5.74, 6) is 0.400. The van der Waals surface area contributed by atoms with Crippen LogP contribution < -0.4 is 0 Å². The molecule has 0 fully saturated rings. The fourth-order valence-electron chi connectivity index (χ4n) is 3.11. The summed E-state index contributed by atoms with van der Waals surface area (Å²) < 4.78 is 10.5. The van der Waals surface area contributed by atoms with Gasteiger partial charge in [0.25, 0.3) is 5.89 Å². The summed E-state index contributed by atoms with van der Waals surface area (Å²) in [5, 5.41) is 11.2. The Hall–Kier alpha value is -2.96. The van der Waals surface area contributed by atoms with Gasteiger partial charge in [-0.3, -0.25) is 9.89 Å². The second-order valence-corrected chi connectivity index (χ2v) is 6.20. The van der Waals surface area contributed by atoms with Gasteiger partial charge in [0.1, 0.15) is 0 Å². The first-order chi connectivity index (χ1) is 12.2. The number of H-pyrrole nitrogens is 1. The van der Waals surface area contributed by atoms with Gasteiger partial charge in [0.15, 0.2) is 6.61 Å². The molecule has 2 heterocycles. The molecule has 1 atom stereocenters. The fraction of sp³-hybridized carbons (Fsp3) is 0.333. The number of esters is 1. The monoisotopic (exact) mass is 338 g/mol. The molecule has 0 saturated heterocycles. The van der Waals surface area contributed by atoms with Crippen molar-refractivity contribution >= 4 is 5.97 Å². The highest BCUT2D eigenvalue weighted by Gasteiger charge is 2.29. The van der Waals surface area contributed by atoms with Crippen molar-refractivity contribution in [1.29, 1.82) is 0 Å². The molecule has 1 aliphatic carbocycles. The third kappa shape index (κ3) is 3.17. The summed E-state index contributed by atoms with van der Waals surface area (Å²) in [5.41, 5.74) is 4.08. The molecule has 128 valence electrons. The van der Waals surface area contributed by atoms with Crippen LogP contribution in [0.5, 0.6) is 0 Å². The Labute approximate surface area is 144 Å². The number of aryl methyl sites for hydroxylation is 2. The van der Waals surface area contributed by atoms with Gasteiger partial charge in [-0.2, -0.15) is 10.1 Å². The number of aromatic amines is 1. The lowest BCUT2D eigenvalue weighted by Gasteiger charge is -2.20. The Morgan fingerprint density at radius 2 is 2.20 bits per heavy atom. The van der Waals surface area contributed by atoms with Crippen LogP contribution in [-0.2, 0) is 29.0 Å². The molecular weight excluding hydrogens is 320 g/mol. The van der Waals surface area contributed by atoms with Crippen molar-refractivity contribution in [1.82, 2.24) is 20.3 Å². The minimum absolute atomic E-state index is 0.00755. The van der Waals surface area contributed by atoms with Crippen molar-refractivity contribution in [2.45, 2.75) is 32.8 Å². The van der Waals surface area contributed by atoms with E-state index in [0.717, 1.165) is 35.4 Å². The first-order valence-electron chi connectivity index (χ1n) is 8.28. The van der Waals surface area contributed by atoms with Gasteiger partial charge in [0.05, 0.1) is 11.6 Å². The fourth-order valence-corrected chi connectivity index (χ4v) is 3.11. The Kier molecular flexibility index (Phi) is 4.05. The molecule has 0 amide bonds. The molecule has 7 nitrogen and oxygen atoms in total. The number of nitrogens with zero attached hydrogens (tertiary/aromatic N) is 3. The SMILES string of the molecule is Cc1[nH]nc2c1CC(C(=O)OCc1nc(-c3ccccc3)no1)CC2. The maximum absolute atomic E-state index is 12.3. The quantitative estimate of drug-likeness (QED) is 0.735. The van der Waals surface area contributed by atoms with E-state index in [0.29, 0.717) is 18.1 Å². The van der Waals surface area contributed by atoms with Crippen molar-refractivity contribution < 1.29 is 14.1 Å². The number of carbonyl (C=O) groups is 1. The van der Waals surface area contributed by atoms with Gasteiger partial charge in [0.2, 0.25) is 5.82 Å². The van der Waals surface area contributed by atoms with Crippen LogP contribution >= 0.6 is 0 Å². The molecule has 2 aromatic heterocycles. The van der Waals surface area contributed by atoms with E-state index in [1.165, 1.54) is 0 Å². The van der Waals surface area contributed by atoms with E-state index < -0.39 is 0 Å². The van der Waals surface area contributed by atoms with Gasteiger partial charge in [-0.25, -0.2) is 0 Å². The molecule has 1 unspecified atom stereocenters. The maximum Gasteiger partial charge on any atom is 0.309 e. The number of nitrogens with one attached hydrogen (secondary N) is 1. The van der Waals surface area contributed by atoms with Crippen LogP contribution in [0.15, 0.2) is 34.9 Å². The van der Waals surface area contributed by atoms with Gasteiger partial charge in [-0.15, -0.1) is 0 Å². The van der Waals surface area contributed by atoms with E-state index >= 15 is 0 Å².